The summed E-state index contributed by atoms with van der Waals surface area (Å²) in [7, 11) is 1.34. The first-order valence-corrected chi connectivity index (χ1v) is 5.87. The lowest BCUT2D eigenvalue weighted by molar-refractivity contribution is 0.560. The van der Waals surface area contributed by atoms with Gasteiger partial charge < -0.3 is 0 Å². The van der Waals surface area contributed by atoms with Gasteiger partial charge in [0.15, 0.2) is 0 Å². The summed E-state index contributed by atoms with van der Waals surface area (Å²) in [6.45, 7) is 0.671. The molecule has 0 heterocycles. The molecule has 0 aliphatic carbocycles. The Bertz CT molecular complexity index is 121. The minimum atomic E-state index is 0.671. The average molecular weight is 171 g/mol. The van der Waals surface area contributed by atoms with Gasteiger partial charge in [0.25, 0.3) is 0 Å². The van der Waals surface area contributed by atoms with Crippen LogP contribution in [0.3, 0.4) is 0 Å². The van der Waals surface area contributed by atoms with Crippen LogP contribution in [0.4, 0.5) is 0 Å². The van der Waals surface area contributed by atoms with Crippen LogP contribution in [0.5, 0.6) is 0 Å². The van der Waals surface area contributed by atoms with Gasteiger partial charge in [-0.1, -0.05) is 31.7 Å². The number of carbonyl (C=O) groups excluding carboxylic acids is 1. The summed E-state index contributed by atoms with van der Waals surface area (Å²) in [6.07, 6.45) is 7.87. The Morgan fingerprint density at radius 2 is 1.73 bits per heavy atom. The first-order valence-electron chi connectivity index (χ1n) is 4.45. The van der Waals surface area contributed by atoms with Crippen LogP contribution in [0.15, 0.2) is 4.99 Å². The Morgan fingerprint density at radius 1 is 1.09 bits per heavy atom. The monoisotopic (exact) mass is 171 g/mol. The average Bonchev–Trinajstić information content (AvgIpc) is 2.03. The van der Waals surface area contributed by atoms with E-state index in [0.717, 1.165) is 6.42 Å². The van der Waals surface area contributed by atoms with E-state index in [1.165, 1.54) is 42.0 Å². The van der Waals surface area contributed by atoms with Crippen molar-refractivity contribution in [3.05, 3.63) is 0 Å². The molecule has 0 fully saturated rings. The van der Waals surface area contributed by atoms with E-state index in [0.29, 0.717) is 6.54 Å². The fourth-order valence-corrected chi connectivity index (χ4v) is 1.52. The molecule has 3 heteroatoms. The van der Waals surface area contributed by atoms with E-state index in [2.05, 4.69) is 4.99 Å². The molecule has 0 aromatic carbocycles. The molecule has 11 heavy (non-hydrogen) atoms. The zero-order valence-corrected chi connectivity index (χ0v) is 9.31. The number of isocyanates is 1. The number of hydrogen-bond donors (Lipinski definition) is 0. The van der Waals surface area contributed by atoms with Crippen molar-refractivity contribution in [1.29, 1.82) is 0 Å². The van der Waals surface area contributed by atoms with E-state index in [-0.39, 0.29) is 0 Å². The maximum atomic E-state index is 9.65. The van der Waals surface area contributed by atoms with E-state index in [4.69, 9.17) is 0 Å². The van der Waals surface area contributed by atoms with Crippen molar-refractivity contribution in [1.82, 2.24) is 0 Å². The Hall–Kier alpha value is -0.403. The van der Waals surface area contributed by atoms with E-state index >= 15 is 0 Å². The van der Waals surface area contributed by atoms with Gasteiger partial charge in [-0.15, -0.1) is 0 Å². The molecule has 0 saturated carbocycles. The summed E-state index contributed by atoms with van der Waals surface area (Å²) in [5, 5.41) is 0. The van der Waals surface area contributed by atoms with Gasteiger partial charge in [0, 0.05) is 10.2 Å². The van der Waals surface area contributed by atoms with Crippen molar-refractivity contribution in [2.45, 2.75) is 38.1 Å². The molecule has 64 valence electrons. The summed E-state index contributed by atoms with van der Waals surface area (Å²) >= 11 is 0. The number of rotatable bonds is 7. The highest BCUT2D eigenvalue weighted by atomic mass is 28.1. The molecule has 0 atom stereocenters. The fourth-order valence-electron chi connectivity index (χ4n) is 1.02. The second kappa shape index (κ2) is 9.60. The summed E-state index contributed by atoms with van der Waals surface area (Å²) in [4.78, 5) is 13.1. The molecule has 0 spiro atoms. The molecule has 0 amide bonds. The molecule has 0 radical (unpaired) electrons. The van der Waals surface area contributed by atoms with Crippen LogP contribution >= 0.6 is 0 Å². The van der Waals surface area contributed by atoms with Crippen LogP contribution in [-0.4, -0.2) is 22.9 Å². The van der Waals surface area contributed by atoms with Crippen LogP contribution in [0.25, 0.3) is 0 Å². The Kier molecular flexibility index (Phi) is 9.25. The van der Waals surface area contributed by atoms with Crippen LogP contribution in [0.1, 0.15) is 32.1 Å². The molecule has 0 aliphatic rings. The van der Waals surface area contributed by atoms with Crippen molar-refractivity contribution < 1.29 is 4.79 Å². The van der Waals surface area contributed by atoms with Crippen molar-refractivity contribution in [2.75, 3.05) is 6.54 Å². The van der Waals surface area contributed by atoms with E-state index < -0.39 is 0 Å². The molecule has 0 N–H and O–H groups in total. The summed E-state index contributed by atoms with van der Waals surface area (Å²) in [5.41, 5.74) is 0. The van der Waals surface area contributed by atoms with Crippen LogP contribution in [-0.2, 0) is 4.79 Å². The summed E-state index contributed by atoms with van der Waals surface area (Å²) in [5.74, 6) is 0. The van der Waals surface area contributed by atoms with Gasteiger partial charge in [0.2, 0.25) is 6.08 Å². The van der Waals surface area contributed by atoms with Crippen molar-refractivity contribution >= 4 is 16.3 Å². The molecule has 0 rings (SSSR count). The van der Waals surface area contributed by atoms with Gasteiger partial charge in [-0.2, -0.15) is 0 Å². The minimum Gasteiger partial charge on any atom is -0.211 e. The SMILES string of the molecule is O=C=NCCCCCCC[SiH3]. The Labute approximate surface area is 71.5 Å². The molecule has 0 aromatic heterocycles. The number of aliphatic imine (C=N–C) groups is 1. The van der Waals surface area contributed by atoms with Crippen LogP contribution in [0, 0.1) is 0 Å². The first kappa shape index (κ1) is 10.6. The first-order chi connectivity index (χ1) is 5.41. The number of unbranched alkanes of at least 4 members (excludes halogenated alkanes) is 4. The lowest BCUT2D eigenvalue weighted by Crippen LogP contribution is -1.82. The van der Waals surface area contributed by atoms with Gasteiger partial charge in [-0.3, -0.25) is 0 Å². The zero-order chi connectivity index (χ0) is 8.36. The van der Waals surface area contributed by atoms with Gasteiger partial charge in [0.1, 0.15) is 0 Å². The Balaban J connectivity index is 2.84. The molecule has 0 aliphatic heterocycles. The Morgan fingerprint density at radius 3 is 2.36 bits per heavy atom. The standard InChI is InChI=1S/C8H17NOSi/c10-8-9-6-4-2-1-3-5-7-11/h1-7H2,11H3. The largest absolute Gasteiger partial charge is 0.234 e. The van der Waals surface area contributed by atoms with Gasteiger partial charge in [-0.25, -0.2) is 9.79 Å². The van der Waals surface area contributed by atoms with Crippen LogP contribution < -0.4 is 0 Å². The molecule has 0 aromatic rings. The van der Waals surface area contributed by atoms with E-state index in [1.54, 1.807) is 6.08 Å². The zero-order valence-electron chi connectivity index (χ0n) is 7.31. The molecule has 0 saturated heterocycles. The van der Waals surface area contributed by atoms with Crippen LogP contribution in [0.2, 0.25) is 6.04 Å². The predicted octanol–water partition coefficient (Wildman–Crippen LogP) is 1.06. The van der Waals surface area contributed by atoms with Crippen molar-refractivity contribution in [2.24, 2.45) is 4.99 Å². The topological polar surface area (TPSA) is 29.4 Å². The quantitative estimate of drug-likeness (QED) is 0.244. The lowest BCUT2D eigenvalue weighted by atomic mass is 10.1. The van der Waals surface area contributed by atoms with Crippen molar-refractivity contribution in [3.63, 3.8) is 0 Å². The highest BCUT2D eigenvalue weighted by Crippen LogP contribution is 2.03. The third-order valence-electron chi connectivity index (χ3n) is 1.69. The number of nitrogens with zero attached hydrogens (tertiary/aromatic N) is 1. The smallest absolute Gasteiger partial charge is 0.211 e. The molecule has 0 unspecified atom stereocenters. The second-order valence-electron chi connectivity index (χ2n) is 2.74. The van der Waals surface area contributed by atoms with E-state index in [1.807, 2.05) is 0 Å². The highest BCUT2D eigenvalue weighted by molar-refractivity contribution is 6.08. The van der Waals surface area contributed by atoms with Gasteiger partial charge in [0.05, 0.1) is 6.54 Å². The molecular formula is C8H17NOSi. The minimum absolute atomic E-state index is 0.671. The summed E-state index contributed by atoms with van der Waals surface area (Å²) in [6, 6.07) is 1.42. The maximum Gasteiger partial charge on any atom is 0.234 e. The van der Waals surface area contributed by atoms with Crippen molar-refractivity contribution in [3.8, 4) is 0 Å². The second-order valence-corrected chi connectivity index (χ2v) is 3.74. The van der Waals surface area contributed by atoms with E-state index in [9.17, 15) is 4.79 Å². The third kappa shape index (κ3) is 9.60. The van der Waals surface area contributed by atoms with Gasteiger partial charge >= 0.3 is 0 Å². The maximum absolute atomic E-state index is 9.65. The summed E-state index contributed by atoms with van der Waals surface area (Å²) < 4.78 is 0. The third-order valence-corrected chi connectivity index (χ3v) is 2.40. The highest BCUT2D eigenvalue weighted by Gasteiger charge is 1.87. The van der Waals surface area contributed by atoms with Gasteiger partial charge in [-0.05, 0) is 6.42 Å². The number of hydrogen-bond acceptors (Lipinski definition) is 2. The predicted molar refractivity (Wildman–Crippen MR) is 50.8 cm³/mol. The molecular weight excluding hydrogens is 154 g/mol. The lowest BCUT2D eigenvalue weighted by Gasteiger charge is -1.95. The fraction of sp³-hybridized carbons (Fsp3) is 0.875. The molecule has 0 bridgehead atoms. The normalized spacial score (nSPS) is 9.45. The molecule has 2 nitrogen and oxygen atoms in total.